The van der Waals surface area contributed by atoms with E-state index in [-0.39, 0.29) is 29.3 Å². The van der Waals surface area contributed by atoms with E-state index in [2.05, 4.69) is 15.7 Å². The molecule has 0 bridgehead atoms. The molecule has 45 heavy (non-hydrogen) atoms. The normalized spacial score (nSPS) is 19.6. The third kappa shape index (κ3) is 7.14. The Morgan fingerprint density at radius 2 is 1.71 bits per heavy atom. The van der Waals surface area contributed by atoms with Crippen LogP contribution >= 0.6 is 11.6 Å². The second kappa shape index (κ2) is 12.0. The van der Waals surface area contributed by atoms with Gasteiger partial charge in [-0.2, -0.15) is 9.61 Å². The highest BCUT2D eigenvalue weighted by molar-refractivity contribution is 7.92. The molecule has 2 saturated heterocycles. The van der Waals surface area contributed by atoms with E-state index in [1.54, 1.807) is 15.9 Å². The number of fused-ring (bicyclic) bond motifs is 1. The van der Waals surface area contributed by atoms with Gasteiger partial charge in [0.2, 0.25) is 10.0 Å². The lowest BCUT2D eigenvalue weighted by Crippen LogP contribution is -2.50. The minimum Gasteiger partial charge on any atom is -0.444 e. The average molecular weight is 658 g/mol. The van der Waals surface area contributed by atoms with E-state index >= 15 is 0 Å². The molecule has 1 N–H and O–H groups in total. The Kier molecular flexibility index (Phi) is 8.36. The zero-order valence-corrected chi connectivity index (χ0v) is 27.7. The molecule has 2 aromatic heterocycles. The van der Waals surface area contributed by atoms with Crippen LogP contribution in [0.5, 0.6) is 0 Å². The average Bonchev–Trinajstić information content (AvgIpc) is 3.74. The smallest absolute Gasteiger partial charge is 0.410 e. The van der Waals surface area contributed by atoms with E-state index in [9.17, 15) is 18.0 Å². The number of halogens is 1. The third-order valence-corrected chi connectivity index (χ3v) is 9.14. The Bertz CT molecular complexity index is 1730. The van der Waals surface area contributed by atoms with Crippen molar-refractivity contribution in [2.45, 2.75) is 70.4 Å². The molecular weight excluding hydrogens is 618 g/mol. The molecular formula is C31H40ClN7O5S. The van der Waals surface area contributed by atoms with Crippen molar-refractivity contribution < 1.29 is 22.7 Å². The van der Waals surface area contributed by atoms with Crippen LogP contribution < -0.4 is 9.62 Å². The zero-order valence-electron chi connectivity index (χ0n) is 26.1. The van der Waals surface area contributed by atoms with Gasteiger partial charge < -0.3 is 19.4 Å². The van der Waals surface area contributed by atoms with Crippen LogP contribution in [0, 0.1) is 0 Å². The molecule has 0 spiro atoms. The van der Waals surface area contributed by atoms with Gasteiger partial charge in [-0.1, -0.05) is 11.6 Å². The van der Waals surface area contributed by atoms with E-state index in [0.717, 1.165) is 54.8 Å². The molecule has 12 nitrogen and oxygen atoms in total. The molecule has 1 saturated carbocycles. The Morgan fingerprint density at radius 1 is 0.978 bits per heavy atom. The highest BCUT2D eigenvalue weighted by Gasteiger charge is 2.34. The van der Waals surface area contributed by atoms with Crippen molar-refractivity contribution >= 4 is 50.8 Å². The van der Waals surface area contributed by atoms with Crippen molar-refractivity contribution in [3.8, 4) is 0 Å². The SMILES string of the molecule is CC(C)(C)OC(=O)N1CCN(c2cc(C3CC3)nc3cc([C@@H]4CCCCN4C(=O)c4cc(Cl)ccc4NS(C)(=O)=O)nn23)CC1. The number of anilines is 2. The molecule has 0 unspecified atom stereocenters. The van der Waals surface area contributed by atoms with Gasteiger partial charge in [-0.05, 0) is 71.1 Å². The number of carbonyl (C=O) groups excluding carboxylic acids is 2. The van der Waals surface area contributed by atoms with E-state index in [1.165, 1.54) is 12.1 Å². The predicted molar refractivity (Wildman–Crippen MR) is 173 cm³/mol. The van der Waals surface area contributed by atoms with Crippen LogP contribution in [0.15, 0.2) is 30.3 Å². The lowest BCUT2D eigenvalue weighted by atomic mass is 9.98. The largest absolute Gasteiger partial charge is 0.444 e. The fourth-order valence-electron chi connectivity index (χ4n) is 6.04. The number of rotatable bonds is 6. The quantitative estimate of drug-likeness (QED) is 0.390. The number of sulfonamides is 1. The zero-order chi connectivity index (χ0) is 32.1. The van der Waals surface area contributed by atoms with Crippen LogP contribution in [0.3, 0.4) is 0 Å². The Morgan fingerprint density at radius 3 is 2.38 bits per heavy atom. The molecule has 1 atom stereocenters. The van der Waals surface area contributed by atoms with Gasteiger partial charge in [0.1, 0.15) is 11.4 Å². The summed E-state index contributed by atoms with van der Waals surface area (Å²) in [6.07, 6.45) is 5.40. The maximum Gasteiger partial charge on any atom is 0.410 e. The summed E-state index contributed by atoms with van der Waals surface area (Å²) in [7, 11) is -3.62. The topological polar surface area (TPSA) is 129 Å². The molecule has 3 aliphatic rings. The van der Waals surface area contributed by atoms with Gasteiger partial charge in [0.05, 0.1) is 29.2 Å². The third-order valence-electron chi connectivity index (χ3n) is 8.31. The summed E-state index contributed by atoms with van der Waals surface area (Å²) in [5.74, 6) is 1.03. The number of aromatic nitrogens is 3. The number of piperidine rings is 1. The van der Waals surface area contributed by atoms with Gasteiger partial charge in [0.25, 0.3) is 5.91 Å². The number of nitrogens with zero attached hydrogens (tertiary/aromatic N) is 6. The molecule has 14 heteroatoms. The summed E-state index contributed by atoms with van der Waals surface area (Å²) in [5.41, 5.74) is 2.32. The number of benzene rings is 1. The number of likely N-dealkylation sites (tertiary alicyclic amines) is 1. The van der Waals surface area contributed by atoms with Crippen molar-refractivity contribution in [3.05, 3.63) is 52.3 Å². The van der Waals surface area contributed by atoms with Gasteiger partial charge in [0.15, 0.2) is 5.65 Å². The number of hydrogen-bond donors (Lipinski definition) is 1. The van der Waals surface area contributed by atoms with Crippen LogP contribution in [0.25, 0.3) is 5.65 Å². The molecule has 2 aliphatic heterocycles. The number of ether oxygens (including phenoxy) is 1. The summed E-state index contributed by atoms with van der Waals surface area (Å²) >= 11 is 6.26. The van der Waals surface area contributed by atoms with Crippen LogP contribution in [-0.4, -0.2) is 89.4 Å². The van der Waals surface area contributed by atoms with E-state index in [1.807, 2.05) is 31.4 Å². The summed E-state index contributed by atoms with van der Waals surface area (Å²) in [5, 5.41) is 5.38. The summed E-state index contributed by atoms with van der Waals surface area (Å²) in [4.78, 5) is 37.4. The van der Waals surface area contributed by atoms with Crippen LogP contribution in [0.1, 0.15) is 86.6 Å². The molecule has 2 amide bonds. The fourth-order valence-corrected chi connectivity index (χ4v) is 6.78. The lowest BCUT2D eigenvalue weighted by Gasteiger charge is -2.36. The molecule has 242 valence electrons. The second-order valence-electron chi connectivity index (χ2n) is 13.2. The number of nitrogens with one attached hydrogen (secondary N) is 1. The molecule has 1 aromatic carbocycles. The van der Waals surface area contributed by atoms with Gasteiger partial charge >= 0.3 is 6.09 Å². The Balaban J connectivity index is 1.30. The maximum absolute atomic E-state index is 14.0. The van der Waals surface area contributed by atoms with Crippen LogP contribution in [-0.2, 0) is 14.8 Å². The van der Waals surface area contributed by atoms with E-state index < -0.39 is 15.6 Å². The minimum absolute atomic E-state index is 0.190. The van der Waals surface area contributed by atoms with Crippen LogP contribution in [0.4, 0.5) is 16.3 Å². The van der Waals surface area contributed by atoms with Crippen molar-refractivity contribution in [1.29, 1.82) is 0 Å². The van der Waals surface area contributed by atoms with Gasteiger partial charge in [0, 0.05) is 61.5 Å². The summed E-state index contributed by atoms with van der Waals surface area (Å²) in [6.45, 7) is 8.40. The fraction of sp³-hybridized carbons (Fsp3) is 0.548. The molecule has 6 rings (SSSR count). The number of hydrogen-bond acceptors (Lipinski definition) is 8. The number of piperazine rings is 1. The molecule has 4 heterocycles. The van der Waals surface area contributed by atoms with Gasteiger partial charge in [-0.3, -0.25) is 9.52 Å². The maximum atomic E-state index is 14.0. The number of amides is 2. The molecule has 0 radical (unpaired) electrons. The van der Waals surface area contributed by atoms with Gasteiger partial charge in [-0.25, -0.2) is 18.2 Å². The molecule has 3 aromatic rings. The number of carbonyl (C=O) groups is 2. The first-order chi connectivity index (χ1) is 21.3. The molecule has 3 fully saturated rings. The van der Waals surface area contributed by atoms with Crippen LogP contribution in [0.2, 0.25) is 5.02 Å². The van der Waals surface area contributed by atoms with Crippen molar-refractivity contribution in [2.24, 2.45) is 0 Å². The van der Waals surface area contributed by atoms with Crippen molar-refractivity contribution in [3.63, 3.8) is 0 Å². The summed E-state index contributed by atoms with van der Waals surface area (Å²) < 4.78 is 34.0. The minimum atomic E-state index is -3.62. The highest BCUT2D eigenvalue weighted by Crippen LogP contribution is 2.41. The van der Waals surface area contributed by atoms with E-state index in [4.69, 9.17) is 26.4 Å². The van der Waals surface area contributed by atoms with Crippen molar-refractivity contribution in [1.82, 2.24) is 24.4 Å². The van der Waals surface area contributed by atoms with Gasteiger partial charge in [-0.15, -0.1) is 0 Å². The second-order valence-corrected chi connectivity index (χ2v) is 15.4. The first-order valence-corrected chi connectivity index (χ1v) is 17.7. The monoisotopic (exact) mass is 657 g/mol. The predicted octanol–water partition coefficient (Wildman–Crippen LogP) is 5.06. The lowest BCUT2D eigenvalue weighted by molar-refractivity contribution is 0.0240. The molecule has 1 aliphatic carbocycles. The first-order valence-electron chi connectivity index (χ1n) is 15.5. The van der Waals surface area contributed by atoms with Crippen molar-refractivity contribution in [2.75, 3.05) is 48.6 Å². The summed E-state index contributed by atoms with van der Waals surface area (Å²) in [6, 6.07) is 8.34. The first kappa shape index (κ1) is 31.4. The standard InChI is InChI=1S/C31H40ClN7O5S/c1-31(2,3)44-30(41)37-15-13-36(14-16-37)28-19-24(20-8-9-20)33-27-18-25(34-39(27)28)26-7-5-6-12-38(26)29(40)22-17-21(32)10-11-23(22)35-45(4,42)43/h10-11,17-20,26,35H,5-9,12-16H2,1-4H3/t26-/m0/s1. The Hall–Kier alpha value is -3.58. The highest BCUT2D eigenvalue weighted by atomic mass is 35.5. The van der Waals surface area contributed by atoms with E-state index in [0.29, 0.717) is 50.1 Å². The Labute approximate surface area is 268 Å².